The van der Waals surface area contributed by atoms with Crippen molar-refractivity contribution < 1.29 is 18.0 Å². The zero-order valence-corrected chi connectivity index (χ0v) is 14.8. The van der Waals surface area contributed by atoms with Crippen molar-refractivity contribution in [2.45, 2.75) is 56.8 Å². The number of amides is 1. The molecule has 1 aliphatic carbocycles. The molecule has 1 saturated heterocycles. The summed E-state index contributed by atoms with van der Waals surface area (Å²) in [5.41, 5.74) is -0.755. The first kappa shape index (κ1) is 18.9. The Kier molecular flexibility index (Phi) is 5.40. The number of nitrogens with one attached hydrogen (secondary N) is 1. The van der Waals surface area contributed by atoms with Crippen LogP contribution < -0.4 is 11.0 Å². The van der Waals surface area contributed by atoms with Crippen LogP contribution in [0.15, 0.2) is 4.79 Å². The van der Waals surface area contributed by atoms with Crippen LogP contribution in [0.4, 0.5) is 13.2 Å². The van der Waals surface area contributed by atoms with Gasteiger partial charge in [-0.05, 0) is 25.7 Å². The lowest BCUT2D eigenvalue weighted by Crippen LogP contribution is -2.45. The fourth-order valence-corrected chi connectivity index (χ4v) is 3.81. The molecule has 1 saturated carbocycles. The molecule has 0 unspecified atom stereocenters. The standard InChI is InChI=1S/C16H24F3N5O2/c1-22-14(16(17,18)19)21-24(15(22)26)12-6-8-23(9-7-12)10-13(25)20-11-4-2-3-5-11/h11-12H,2-10H2,1H3,(H,20,25). The zero-order valence-electron chi connectivity index (χ0n) is 14.8. The molecule has 7 nitrogen and oxygen atoms in total. The van der Waals surface area contributed by atoms with Crippen molar-refractivity contribution >= 4 is 5.91 Å². The van der Waals surface area contributed by atoms with E-state index < -0.39 is 17.7 Å². The third-order valence-electron chi connectivity index (χ3n) is 5.25. The van der Waals surface area contributed by atoms with Gasteiger partial charge in [-0.1, -0.05) is 12.8 Å². The molecular formula is C16H24F3N5O2. The quantitative estimate of drug-likeness (QED) is 0.861. The van der Waals surface area contributed by atoms with E-state index in [1.807, 2.05) is 4.90 Å². The summed E-state index contributed by atoms with van der Waals surface area (Å²) >= 11 is 0. The predicted octanol–water partition coefficient (Wildman–Crippen LogP) is 1.30. The Hall–Kier alpha value is -1.84. The van der Waals surface area contributed by atoms with E-state index >= 15 is 0 Å². The summed E-state index contributed by atoms with van der Waals surface area (Å²) < 4.78 is 40.2. The highest BCUT2D eigenvalue weighted by Gasteiger charge is 2.39. The van der Waals surface area contributed by atoms with Gasteiger partial charge >= 0.3 is 11.9 Å². The van der Waals surface area contributed by atoms with E-state index in [0.717, 1.165) is 37.4 Å². The summed E-state index contributed by atoms with van der Waals surface area (Å²) in [7, 11) is 1.08. The highest BCUT2D eigenvalue weighted by Crippen LogP contribution is 2.28. The molecule has 2 aliphatic rings. The normalized spacial score (nSPS) is 20.6. The van der Waals surface area contributed by atoms with Gasteiger partial charge in [0, 0.05) is 26.2 Å². The van der Waals surface area contributed by atoms with Crippen molar-refractivity contribution in [1.82, 2.24) is 24.6 Å². The fourth-order valence-electron chi connectivity index (χ4n) is 3.81. The maximum Gasteiger partial charge on any atom is 0.451 e. The van der Waals surface area contributed by atoms with E-state index in [4.69, 9.17) is 0 Å². The number of nitrogens with zero attached hydrogens (tertiary/aromatic N) is 4. The van der Waals surface area contributed by atoms with Crippen LogP contribution in [0.3, 0.4) is 0 Å². The molecule has 146 valence electrons. The van der Waals surface area contributed by atoms with Crippen molar-refractivity contribution in [3.63, 3.8) is 0 Å². The lowest BCUT2D eigenvalue weighted by molar-refractivity contribution is -0.147. The minimum atomic E-state index is -4.65. The number of alkyl halides is 3. The number of aromatic nitrogens is 3. The van der Waals surface area contributed by atoms with Crippen molar-refractivity contribution in [3.8, 4) is 0 Å². The summed E-state index contributed by atoms with van der Waals surface area (Å²) in [5.74, 6) is -1.19. The number of hydrogen-bond acceptors (Lipinski definition) is 4. The van der Waals surface area contributed by atoms with Crippen LogP contribution >= 0.6 is 0 Å². The highest BCUT2D eigenvalue weighted by atomic mass is 19.4. The van der Waals surface area contributed by atoms with Crippen molar-refractivity contribution in [2.75, 3.05) is 19.6 Å². The average molecular weight is 375 g/mol. The molecule has 3 rings (SSSR count). The molecule has 26 heavy (non-hydrogen) atoms. The van der Waals surface area contributed by atoms with Crippen LogP contribution in [0.2, 0.25) is 0 Å². The molecule has 1 aromatic heterocycles. The van der Waals surface area contributed by atoms with Crippen LogP contribution in [0.25, 0.3) is 0 Å². The molecule has 1 N–H and O–H groups in total. The summed E-state index contributed by atoms with van der Waals surface area (Å²) in [5, 5.41) is 6.53. The van der Waals surface area contributed by atoms with Crippen molar-refractivity contribution in [2.24, 2.45) is 7.05 Å². The topological polar surface area (TPSA) is 72.2 Å². The Labute approximate surface area is 149 Å². The first-order valence-corrected chi connectivity index (χ1v) is 9.00. The van der Waals surface area contributed by atoms with E-state index in [0.29, 0.717) is 30.5 Å². The molecule has 1 aromatic rings. The fraction of sp³-hybridized carbons (Fsp3) is 0.812. The van der Waals surface area contributed by atoms with E-state index in [-0.39, 0.29) is 24.5 Å². The third kappa shape index (κ3) is 4.11. The van der Waals surface area contributed by atoms with Crippen LogP contribution in [0, 0.1) is 0 Å². The number of carbonyl (C=O) groups is 1. The molecule has 0 radical (unpaired) electrons. The molecule has 0 spiro atoms. The van der Waals surface area contributed by atoms with Crippen LogP contribution in [-0.2, 0) is 18.0 Å². The Bertz CT molecular complexity index is 698. The summed E-state index contributed by atoms with van der Waals surface area (Å²) in [4.78, 5) is 26.1. The van der Waals surface area contributed by atoms with E-state index in [1.54, 1.807) is 0 Å². The maximum absolute atomic E-state index is 12.9. The van der Waals surface area contributed by atoms with Gasteiger partial charge in [0.05, 0.1) is 12.6 Å². The van der Waals surface area contributed by atoms with Crippen LogP contribution in [0.1, 0.15) is 50.4 Å². The van der Waals surface area contributed by atoms with Gasteiger partial charge in [0.2, 0.25) is 11.7 Å². The Morgan fingerprint density at radius 3 is 2.35 bits per heavy atom. The predicted molar refractivity (Wildman–Crippen MR) is 87.6 cm³/mol. The van der Waals surface area contributed by atoms with Gasteiger partial charge in [-0.15, -0.1) is 5.10 Å². The molecule has 0 atom stereocenters. The average Bonchev–Trinajstić information content (AvgIpc) is 3.17. The smallest absolute Gasteiger partial charge is 0.352 e. The number of likely N-dealkylation sites (tertiary alicyclic amines) is 1. The second-order valence-electron chi connectivity index (χ2n) is 7.16. The Morgan fingerprint density at radius 2 is 1.81 bits per heavy atom. The minimum Gasteiger partial charge on any atom is -0.352 e. The molecule has 2 heterocycles. The molecule has 1 aliphatic heterocycles. The maximum atomic E-state index is 12.9. The van der Waals surface area contributed by atoms with Crippen LogP contribution in [-0.4, -0.2) is 50.8 Å². The van der Waals surface area contributed by atoms with Gasteiger partial charge in [-0.25, -0.2) is 9.48 Å². The SMILES string of the molecule is Cn1c(C(F)(F)F)nn(C2CCN(CC(=O)NC3CCCC3)CC2)c1=O. The number of piperidine rings is 1. The Balaban J connectivity index is 1.55. The molecule has 0 bridgehead atoms. The number of hydrogen-bond donors (Lipinski definition) is 1. The van der Waals surface area contributed by atoms with Gasteiger partial charge in [0.1, 0.15) is 0 Å². The molecule has 0 aromatic carbocycles. The van der Waals surface area contributed by atoms with Crippen LogP contribution in [0.5, 0.6) is 0 Å². The van der Waals surface area contributed by atoms with E-state index in [9.17, 15) is 22.8 Å². The number of rotatable bonds is 4. The molecular weight excluding hydrogens is 351 g/mol. The van der Waals surface area contributed by atoms with E-state index in [2.05, 4.69) is 10.4 Å². The number of carbonyl (C=O) groups excluding carboxylic acids is 1. The molecule has 1 amide bonds. The lowest BCUT2D eigenvalue weighted by Gasteiger charge is -2.31. The second-order valence-corrected chi connectivity index (χ2v) is 7.16. The van der Waals surface area contributed by atoms with Gasteiger partial charge in [0.15, 0.2) is 0 Å². The Morgan fingerprint density at radius 1 is 1.19 bits per heavy atom. The lowest BCUT2D eigenvalue weighted by atomic mass is 10.1. The van der Waals surface area contributed by atoms with Gasteiger partial charge in [-0.2, -0.15) is 13.2 Å². The first-order valence-electron chi connectivity index (χ1n) is 9.00. The van der Waals surface area contributed by atoms with Gasteiger partial charge in [-0.3, -0.25) is 14.3 Å². The van der Waals surface area contributed by atoms with Gasteiger partial charge < -0.3 is 5.32 Å². The van der Waals surface area contributed by atoms with E-state index in [1.165, 1.54) is 0 Å². The summed E-state index contributed by atoms with van der Waals surface area (Å²) in [6.45, 7) is 1.38. The first-order chi connectivity index (χ1) is 12.3. The molecule has 10 heteroatoms. The van der Waals surface area contributed by atoms with Crippen molar-refractivity contribution in [1.29, 1.82) is 0 Å². The third-order valence-corrected chi connectivity index (χ3v) is 5.25. The highest BCUT2D eigenvalue weighted by molar-refractivity contribution is 5.78. The zero-order chi connectivity index (χ0) is 18.9. The van der Waals surface area contributed by atoms with Gasteiger partial charge in [0.25, 0.3) is 0 Å². The second kappa shape index (κ2) is 7.42. The number of halogens is 3. The van der Waals surface area contributed by atoms with Crippen molar-refractivity contribution in [3.05, 3.63) is 16.3 Å². The monoisotopic (exact) mass is 375 g/mol. The minimum absolute atomic E-state index is 0.00953. The summed E-state index contributed by atoms with van der Waals surface area (Å²) in [6, 6.07) is -0.105. The summed E-state index contributed by atoms with van der Waals surface area (Å²) in [6.07, 6.45) is 0.675. The largest absolute Gasteiger partial charge is 0.451 e. The molecule has 2 fully saturated rings.